The molecular formula is C12H14Cl2O4S. The highest BCUT2D eigenvalue weighted by Gasteiger charge is 2.30. The Morgan fingerprint density at radius 1 is 1.42 bits per heavy atom. The first-order valence-corrected chi connectivity index (χ1v) is 8.48. The Morgan fingerprint density at radius 2 is 2.16 bits per heavy atom. The van der Waals surface area contributed by atoms with E-state index in [2.05, 4.69) is 0 Å². The Balaban J connectivity index is 2.25. The second-order valence-corrected chi connectivity index (χ2v) is 7.29. The largest absolute Gasteiger partial charge is 0.493 e. The first-order chi connectivity index (χ1) is 8.95. The minimum atomic E-state index is -2.99. The van der Waals surface area contributed by atoms with E-state index in [-0.39, 0.29) is 17.6 Å². The Hall–Kier alpha value is -0.650. The topological polar surface area (TPSA) is 52.6 Å². The van der Waals surface area contributed by atoms with Crippen molar-refractivity contribution in [2.24, 2.45) is 0 Å². The normalized spacial score (nSPS) is 21.3. The molecule has 1 atom stereocenters. The summed E-state index contributed by atoms with van der Waals surface area (Å²) in [6, 6.07) is 3.42. The summed E-state index contributed by atoms with van der Waals surface area (Å²) in [6.45, 7) is 0. The summed E-state index contributed by atoms with van der Waals surface area (Å²) in [7, 11) is -1.49. The van der Waals surface area contributed by atoms with Crippen molar-refractivity contribution in [1.82, 2.24) is 0 Å². The van der Waals surface area contributed by atoms with Gasteiger partial charge in [-0.05, 0) is 24.1 Å². The van der Waals surface area contributed by atoms with Crippen LogP contribution < -0.4 is 9.47 Å². The van der Waals surface area contributed by atoms with E-state index in [1.54, 1.807) is 12.1 Å². The van der Waals surface area contributed by atoms with Crippen LogP contribution in [-0.2, 0) is 15.7 Å². The molecule has 1 aliphatic rings. The second-order valence-electron chi connectivity index (χ2n) is 4.39. The molecule has 2 rings (SSSR count). The van der Waals surface area contributed by atoms with Crippen LogP contribution in [0.1, 0.15) is 12.0 Å². The van der Waals surface area contributed by atoms with Gasteiger partial charge in [-0.15, -0.1) is 11.6 Å². The molecule has 1 aromatic rings. The van der Waals surface area contributed by atoms with E-state index in [0.29, 0.717) is 28.8 Å². The van der Waals surface area contributed by atoms with Gasteiger partial charge in [-0.2, -0.15) is 0 Å². The summed E-state index contributed by atoms with van der Waals surface area (Å²) in [6.07, 6.45) is 0.0947. The Labute approximate surface area is 122 Å². The maximum absolute atomic E-state index is 11.4. The molecule has 0 radical (unpaired) electrons. The molecule has 1 aromatic carbocycles. The Bertz CT molecular complexity index is 571. The lowest BCUT2D eigenvalue weighted by Gasteiger charge is -2.17. The Kier molecular flexibility index (Phi) is 4.48. The van der Waals surface area contributed by atoms with Crippen LogP contribution in [0.3, 0.4) is 0 Å². The average Bonchev–Trinajstić information content (AvgIpc) is 2.71. The molecule has 1 saturated heterocycles. The van der Waals surface area contributed by atoms with E-state index in [0.717, 1.165) is 5.56 Å². The minimum absolute atomic E-state index is 0.0176. The Morgan fingerprint density at radius 3 is 2.68 bits per heavy atom. The molecule has 0 amide bonds. The number of sulfone groups is 1. The SMILES string of the molecule is COc1cc(CCl)cc(Cl)c1OC1CCS(=O)(=O)C1. The van der Waals surface area contributed by atoms with Crippen molar-refractivity contribution in [2.45, 2.75) is 18.4 Å². The van der Waals surface area contributed by atoms with Gasteiger partial charge in [-0.25, -0.2) is 8.42 Å². The predicted molar refractivity (Wildman–Crippen MR) is 75.2 cm³/mol. The third-order valence-corrected chi connectivity index (χ3v) is 5.25. The molecule has 1 fully saturated rings. The van der Waals surface area contributed by atoms with E-state index in [1.165, 1.54) is 7.11 Å². The summed E-state index contributed by atoms with van der Waals surface area (Å²) >= 11 is 11.9. The number of alkyl halides is 1. The van der Waals surface area contributed by atoms with Gasteiger partial charge in [0.25, 0.3) is 0 Å². The fraction of sp³-hybridized carbons (Fsp3) is 0.500. The molecule has 0 bridgehead atoms. The minimum Gasteiger partial charge on any atom is -0.493 e. The fourth-order valence-electron chi connectivity index (χ4n) is 1.99. The summed E-state index contributed by atoms with van der Waals surface area (Å²) in [5.41, 5.74) is 0.815. The average molecular weight is 325 g/mol. The molecule has 1 unspecified atom stereocenters. The second kappa shape index (κ2) is 5.77. The third kappa shape index (κ3) is 3.46. The summed E-state index contributed by atoms with van der Waals surface area (Å²) < 4.78 is 33.7. The molecule has 0 N–H and O–H groups in total. The molecule has 19 heavy (non-hydrogen) atoms. The van der Waals surface area contributed by atoms with Crippen molar-refractivity contribution >= 4 is 33.0 Å². The van der Waals surface area contributed by atoms with Crippen molar-refractivity contribution in [3.63, 3.8) is 0 Å². The van der Waals surface area contributed by atoms with Gasteiger partial charge in [-0.1, -0.05) is 11.6 Å². The number of rotatable bonds is 4. The van der Waals surface area contributed by atoms with Crippen LogP contribution in [0.4, 0.5) is 0 Å². The quantitative estimate of drug-likeness (QED) is 0.799. The van der Waals surface area contributed by atoms with Crippen LogP contribution in [0.25, 0.3) is 0 Å². The standard InChI is InChI=1S/C12H14Cl2O4S/c1-17-11-5-8(6-13)4-10(14)12(11)18-9-2-3-19(15,16)7-9/h4-5,9H,2-3,6-7H2,1H3. The van der Waals surface area contributed by atoms with Crippen LogP contribution in [0.5, 0.6) is 11.5 Å². The van der Waals surface area contributed by atoms with Crippen molar-refractivity contribution in [3.05, 3.63) is 22.7 Å². The predicted octanol–water partition coefficient (Wildman–Crippen LogP) is 2.65. The molecule has 0 saturated carbocycles. The summed E-state index contributed by atoms with van der Waals surface area (Å²) in [4.78, 5) is 0. The van der Waals surface area contributed by atoms with E-state index in [1.807, 2.05) is 0 Å². The third-order valence-electron chi connectivity index (χ3n) is 2.92. The van der Waals surface area contributed by atoms with Crippen molar-refractivity contribution < 1.29 is 17.9 Å². The molecule has 0 aliphatic carbocycles. The summed E-state index contributed by atoms with van der Waals surface area (Å²) in [5, 5.41) is 0.374. The van der Waals surface area contributed by atoms with Gasteiger partial charge in [0, 0.05) is 5.88 Å². The lowest BCUT2D eigenvalue weighted by atomic mass is 10.2. The lowest BCUT2D eigenvalue weighted by molar-refractivity contribution is 0.218. The van der Waals surface area contributed by atoms with Crippen LogP contribution >= 0.6 is 23.2 Å². The first-order valence-electron chi connectivity index (χ1n) is 5.74. The molecule has 0 spiro atoms. The van der Waals surface area contributed by atoms with Gasteiger partial charge in [0.15, 0.2) is 21.3 Å². The van der Waals surface area contributed by atoms with E-state index >= 15 is 0 Å². The zero-order chi connectivity index (χ0) is 14.0. The van der Waals surface area contributed by atoms with Crippen molar-refractivity contribution in [3.8, 4) is 11.5 Å². The number of methoxy groups -OCH3 is 1. The fourth-order valence-corrected chi connectivity index (χ4v) is 4.01. The number of hydrogen-bond donors (Lipinski definition) is 0. The van der Waals surface area contributed by atoms with Gasteiger partial charge in [0.1, 0.15) is 6.10 Å². The van der Waals surface area contributed by atoms with Crippen LogP contribution in [-0.4, -0.2) is 33.1 Å². The molecule has 4 nitrogen and oxygen atoms in total. The molecule has 1 heterocycles. The highest BCUT2D eigenvalue weighted by molar-refractivity contribution is 7.91. The van der Waals surface area contributed by atoms with Gasteiger partial charge in [-0.3, -0.25) is 0 Å². The van der Waals surface area contributed by atoms with Gasteiger partial charge < -0.3 is 9.47 Å². The maximum Gasteiger partial charge on any atom is 0.180 e. The van der Waals surface area contributed by atoms with Gasteiger partial charge in [0.2, 0.25) is 0 Å². The number of halogens is 2. The van der Waals surface area contributed by atoms with Crippen LogP contribution in [0.15, 0.2) is 12.1 Å². The monoisotopic (exact) mass is 324 g/mol. The van der Waals surface area contributed by atoms with Crippen molar-refractivity contribution in [1.29, 1.82) is 0 Å². The summed E-state index contributed by atoms with van der Waals surface area (Å²) in [5.74, 6) is 1.32. The highest BCUT2D eigenvalue weighted by atomic mass is 35.5. The first kappa shape index (κ1) is 14.8. The van der Waals surface area contributed by atoms with Gasteiger partial charge in [0.05, 0.1) is 23.6 Å². The zero-order valence-corrected chi connectivity index (χ0v) is 12.7. The molecule has 1 aliphatic heterocycles. The molecule has 106 valence electrons. The number of benzene rings is 1. The van der Waals surface area contributed by atoms with E-state index < -0.39 is 9.84 Å². The van der Waals surface area contributed by atoms with Crippen LogP contribution in [0.2, 0.25) is 5.02 Å². The smallest absolute Gasteiger partial charge is 0.180 e. The van der Waals surface area contributed by atoms with Crippen molar-refractivity contribution in [2.75, 3.05) is 18.6 Å². The lowest BCUT2D eigenvalue weighted by Crippen LogP contribution is -2.18. The molecule has 7 heteroatoms. The molecule has 0 aromatic heterocycles. The zero-order valence-electron chi connectivity index (χ0n) is 10.4. The van der Waals surface area contributed by atoms with E-state index in [9.17, 15) is 8.42 Å². The molecular weight excluding hydrogens is 311 g/mol. The van der Waals surface area contributed by atoms with E-state index in [4.69, 9.17) is 32.7 Å². The highest BCUT2D eigenvalue weighted by Crippen LogP contribution is 2.38. The van der Waals surface area contributed by atoms with Gasteiger partial charge >= 0.3 is 0 Å². The number of ether oxygens (including phenoxy) is 2. The van der Waals surface area contributed by atoms with Crippen LogP contribution in [0, 0.1) is 0 Å². The number of hydrogen-bond acceptors (Lipinski definition) is 4. The maximum atomic E-state index is 11.4.